The second-order valence-corrected chi connectivity index (χ2v) is 27.7. The molecule has 0 radical (unpaired) electrons. The molecule has 4 N–H and O–H groups in total. The van der Waals surface area contributed by atoms with Gasteiger partial charge in [0.1, 0.15) is 23.9 Å². The van der Waals surface area contributed by atoms with E-state index in [1.807, 2.05) is 105 Å². The van der Waals surface area contributed by atoms with Gasteiger partial charge in [-0.15, -0.1) is 13.2 Å². The fraction of sp³-hybridized carbons (Fsp3) is 0.237. The Morgan fingerprint density at radius 3 is 1.30 bits per heavy atom. The molecule has 0 spiro atoms. The third-order valence-electron chi connectivity index (χ3n) is 10.9. The molecule has 0 atom stereocenters. The summed E-state index contributed by atoms with van der Waals surface area (Å²) in [6.45, 7) is 3.72. The third-order valence-corrected chi connectivity index (χ3v) is 18.3. The summed E-state index contributed by atoms with van der Waals surface area (Å²) in [5, 5.41) is 23.0. The number of aryl methyl sites for hydroxylation is 2. The van der Waals surface area contributed by atoms with E-state index in [0.29, 0.717) is 25.5 Å². The standard InChI is InChI=1S/C16H17BrN2O2S.C16H18N2O2S.C9H11BrN2O2S.C7H9BO2.C6H6BrNO2S.C5H13NO2/c1-19(2)12-18-22(20,21)16-6-4-3-5-15(16)14-9-7-13(11-17)8-10-14;1-13-9-10-15(14-7-5-4-6-8-14)11-16(13)21(19,20)17-12-18(2)3;1-12(2)7-11-15(13,14)9-6-4-3-5-8(9)10;1-6-2-4-7(5-3-6)8(9)10;7-5-3-1-2-4-6(5)11(8,9)10;1-6(2)5(7-3)8-4/h3-10,12H,11H2,1-2H3;4-12H,1-3H3;3-7H,1-2H3;2-5,9-10H,1H3;1-4H,(H2,8,9,10);5H,1-4H3. The molecule has 0 saturated heterocycles. The Morgan fingerprint density at radius 2 is 0.908 bits per heavy atom. The van der Waals surface area contributed by atoms with Crippen LogP contribution in [0.1, 0.15) is 16.7 Å². The van der Waals surface area contributed by atoms with E-state index in [1.165, 1.54) is 31.1 Å². The van der Waals surface area contributed by atoms with Crippen molar-refractivity contribution in [1.82, 2.24) is 19.6 Å². The summed E-state index contributed by atoms with van der Waals surface area (Å²) < 4.78 is 116. The number of halogens is 3. The molecule has 7 aromatic rings. The Morgan fingerprint density at radius 1 is 0.506 bits per heavy atom. The van der Waals surface area contributed by atoms with Gasteiger partial charge in [0.25, 0.3) is 30.1 Å². The van der Waals surface area contributed by atoms with Crippen LogP contribution in [-0.4, -0.2) is 166 Å². The average Bonchev–Trinajstić information content (AvgIpc) is 3.27. The maximum Gasteiger partial charge on any atom is 0.488 e. The minimum absolute atomic E-state index is 0.111. The average molecular weight is 1470 g/mol. The number of hydrogen-bond donors (Lipinski definition) is 3. The molecule has 470 valence electrons. The molecule has 0 fully saturated rings. The zero-order valence-electron chi connectivity index (χ0n) is 50.2. The van der Waals surface area contributed by atoms with Crippen LogP contribution in [0.2, 0.25) is 0 Å². The first-order chi connectivity index (χ1) is 40.7. The molecular weight excluding hydrogens is 1390 g/mol. The second-order valence-electron chi connectivity index (χ2n) is 19.1. The van der Waals surface area contributed by atoms with Crippen LogP contribution >= 0.6 is 47.8 Å². The SMILES string of the molecule is CN(C)C=NS(=O)(=O)c1ccccc1-c1ccc(CBr)cc1.CN(C)C=NS(=O)(=O)c1ccccc1Br.COC(OC)N(C)C.Cc1ccc(-c2ccccc2)cc1S(=O)(=O)N=CN(C)C.Cc1ccc(B(O)O)cc1.NS(=O)(=O)c1ccccc1Br. The fourth-order valence-corrected chi connectivity index (χ4v) is 12.8. The summed E-state index contributed by atoms with van der Waals surface area (Å²) in [6, 6.07) is 49.8. The molecule has 0 aromatic heterocycles. The number of methoxy groups -OCH3 is 2. The number of rotatable bonds is 17. The number of sulfonamides is 4. The molecule has 28 heteroatoms. The van der Waals surface area contributed by atoms with Crippen molar-refractivity contribution in [3.05, 3.63) is 195 Å². The number of hydrogen-bond acceptors (Lipinski definition) is 13. The summed E-state index contributed by atoms with van der Waals surface area (Å²) in [4.78, 5) is 7.30. The molecule has 0 aliphatic rings. The van der Waals surface area contributed by atoms with Gasteiger partial charge in [-0.05, 0) is 129 Å². The molecule has 0 unspecified atom stereocenters. The number of alkyl halides is 1. The van der Waals surface area contributed by atoms with Crippen molar-refractivity contribution >= 4 is 119 Å². The van der Waals surface area contributed by atoms with Gasteiger partial charge in [-0.25, -0.2) is 13.6 Å². The van der Waals surface area contributed by atoms with Gasteiger partial charge in [0, 0.05) is 76.3 Å². The lowest BCUT2D eigenvalue weighted by Gasteiger charge is -2.19. The van der Waals surface area contributed by atoms with Gasteiger partial charge >= 0.3 is 7.12 Å². The third kappa shape index (κ3) is 27.9. The van der Waals surface area contributed by atoms with E-state index in [4.69, 9.17) is 24.7 Å². The minimum Gasteiger partial charge on any atom is -0.423 e. The van der Waals surface area contributed by atoms with E-state index >= 15 is 0 Å². The van der Waals surface area contributed by atoms with E-state index in [-0.39, 0.29) is 26.0 Å². The molecule has 0 amide bonds. The molecule has 87 heavy (non-hydrogen) atoms. The van der Waals surface area contributed by atoms with Crippen molar-refractivity contribution in [3.8, 4) is 22.3 Å². The number of ether oxygens (including phenoxy) is 2. The molecule has 0 bridgehead atoms. The van der Waals surface area contributed by atoms with Crippen molar-refractivity contribution in [3.63, 3.8) is 0 Å². The van der Waals surface area contributed by atoms with Crippen molar-refractivity contribution in [2.45, 2.75) is 45.2 Å². The lowest BCUT2D eigenvalue weighted by Crippen LogP contribution is -2.30. The largest absolute Gasteiger partial charge is 0.488 e. The number of benzene rings is 7. The van der Waals surface area contributed by atoms with Crippen LogP contribution in [0.3, 0.4) is 0 Å². The zero-order valence-corrected chi connectivity index (χ0v) is 58.2. The van der Waals surface area contributed by atoms with Crippen molar-refractivity contribution < 1.29 is 53.2 Å². The monoisotopic (exact) mass is 1460 g/mol. The van der Waals surface area contributed by atoms with Crippen LogP contribution in [-0.2, 0) is 54.9 Å². The predicted octanol–water partition coefficient (Wildman–Crippen LogP) is 9.09. The zero-order chi connectivity index (χ0) is 65.7. The summed E-state index contributed by atoms with van der Waals surface area (Å²) >= 11 is 9.64. The van der Waals surface area contributed by atoms with Crippen LogP contribution in [0.25, 0.3) is 22.3 Å². The highest BCUT2D eigenvalue weighted by Gasteiger charge is 2.20. The Kier molecular flexibility index (Phi) is 33.5. The van der Waals surface area contributed by atoms with E-state index in [9.17, 15) is 33.7 Å². The predicted molar refractivity (Wildman–Crippen MR) is 361 cm³/mol. The van der Waals surface area contributed by atoms with Gasteiger partial charge in [0.05, 0.1) is 14.7 Å². The number of nitrogens with zero attached hydrogens (tertiary/aromatic N) is 7. The van der Waals surface area contributed by atoms with E-state index in [1.54, 1.807) is 157 Å². The molecule has 7 aromatic carbocycles. The normalized spacial score (nSPS) is 11.4. The highest BCUT2D eigenvalue weighted by atomic mass is 79.9. The van der Waals surface area contributed by atoms with Gasteiger partial charge in [0.2, 0.25) is 16.4 Å². The Bertz CT molecular complexity index is 3790. The number of primary sulfonamides is 1. The van der Waals surface area contributed by atoms with Crippen LogP contribution in [0, 0.1) is 13.8 Å². The maximum atomic E-state index is 12.4. The summed E-state index contributed by atoms with van der Waals surface area (Å²) in [7, 11) is 1.36. The van der Waals surface area contributed by atoms with Crippen LogP contribution < -0.4 is 10.6 Å². The Hall–Kier alpha value is -5.99. The fourth-order valence-electron chi connectivity index (χ4n) is 6.62. The Labute approximate surface area is 539 Å². The first-order valence-corrected chi connectivity index (χ1v) is 34.3. The molecule has 0 aliphatic carbocycles. The minimum atomic E-state index is -3.73. The molecular formula is C59H74BBr3N8O12S4. The summed E-state index contributed by atoms with van der Waals surface area (Å²) in [5.41, 5.74) is 6.81. The van der Waals surface area contributed by atoms with Gasteiger partial charge < -0.3 is 34.2 Å². The molecule has 0 saturated carbocycles. The quantitative estimate of drug-likeness (QED) is 0.0252. The second kappa shape index (κ2) is 37.8. The molecule has 0 heterocycles. The lowest BCUT2D eigenvalue weighted by molar-refractivity contribution is -0.179. The number of nitrogens with two attached hydrogens (primary N) is 1. The summed E-state index contributed by atoms with van der Waals surface area (Å²) in [5.74, 6) is 0. The van der Waals surface area contributed by atoms with Crippen molar-refractivity contribution in [2.75, 3.05) is 70.6 Å². The van der Waals surface area contributed by atoms with Crippen LogP contribution in [0.15, 0.2) is 212 Å². The van der Waals surface area contributed by atoms with Crippen LogP contribution in [0.4, 0.5) is 0 Å². The van der Waals surface area contributed by atoms with E-state index < -0.39 is 47.2 Å². The van der Waals surface area contributed by atoms with Gasteiger partial charge in [-0.3, -0.25) is 4.90 Å². The molecule has 20 nitrogen and oxygen atoms in total. The smallest absolute Gasteiger partial charge is 0.423 e. The van der Waals surface area contributed by atoms with Gasteiger partial charge in [-0.2, -0.15) is 25.3 Å². The maximum absolute atomic E-state index is 12.4. The van der Waals surface area contributed by atoms with Crippen molar-refractivity contribution in [2.24, 2.45) is 18.3 Å². The van der Waals surface area contributed by atoms with Gasteiger partial charge in [0.15, 0.2) is 0 Å². The van der Waals surface area contributed by atoms with E-state index in [2.05, 4.69) is 61.0 Å². The van der Waals surface area contributed by atoms with Crippen LogP contribution in [0.5, 0.6) is 0 Å². The lowest BCUT2D eigenvalue weighted by atomic mass is 9.80. The first kappa shape index (κ1) is 77.1. The molecule has 0 aliphatic heterocycles. The summed E-state index contributed by atoms with van der Waals surface area (Å²) in [6.07, 6.45) is 3.63. The molecule has 7 rings (SSSR count). The highest BCUT2D eigenvalue weighted by Crippen LogP contribution is 2.30. The van der Waals surface area contributed by atoms with Gasteiger partial charge in [-0.1, -0.05) is 155 Å². The van der Waals surface area contributed by atoms with Crippen molar-refractivity contribution in [1.29, 1.82) is 0 Å². The highest BCUT2D eigenvalue weighted by molar-refractivity contribution is 9.10. The van der Waals surface area contributed by atoms with E-state index in [0.717, 1.165) is 33.1 Å². The Balaban J connectivity index is 0.000000369. The topological polar surface area (TPSA) is 272 Å². The first-order valence-electron chi connectivity index (χ1n) is 25.7.